The van der Waals surface area contributed by atoms with Gasteiger partial charge in [-0.15, -0.1) is 0 Å². The second kappa shape index (κ2) is 8.33. The number of aryl methyl sites for hydroxylation is 1. The highest BCUT2D eigenvalue weighted by Crippen LogP contribution is 2.26. The molecule has 0 aliphatic rings. The fourth-order valence-corrected chi connectivity index (χ4v) is 3.68. The number of fused-ring (bicyclic) bond motifs is 1. The lowest BCUT2D eigenvalue weighted by Gasteiger charge is -2.10. The molecule has 0 atom stereocenters. The number of nitrogens with one attached hydrogen (secondary N) is 1. The first kappa shape index (κ1) is 20.2. The minimum atomic E-state index is -0.330. The molecule has 0 amide bonds. The van der Waals surface area contributed by atoms with Crippen LogP contribution in [0.3, 0.4) is 0 Å². The molecule has 2 aromatic carbocycles. The van der Waals surface area contributed by atoms with Crippen LogP contribution in [0.1, 0.15) is 40.1 Å². The van der Waals surface area contributed by atoms with Gasteiger partial charge in [0.15, 0.2) is 0 Å². The first-order valence-electron chi connectivity index (χ1n) is 10.0. The number of carbonyl (C=O) groups excluding carboxylic acids is 1. The standard InChI is InChI=1S/C25H22N4O2/c1-4-31-25(30)18-9-11-21(12-10-18)29-16(2)13-19(17(29)3)14-20(15-26)24-27-22-7-5-6-8-23(22)28-24/h5-14H,4H2,1-3H3,(H,27,28). The Kier molecular flexibility index (Phi) is 5.42. The van der Waals surface area contributed by atoms with Crippen molar-refractivity contribution in [1.82, 2.24) is 14.5 Å². The number of nitriles is 1. The zero-order valence-electron chi connectivity index (χ0n) is 17.6. The van der Waals surface area contributed by atoms with Crippen molar-refractivity contribution in [3.05, 3.63) is 82.9 Å². The van der Waals surface area contributed by atoms with Gasteiger partial charge in [-0.25, -0.2) is 9.78 Å². The third-order valence-electron chi connectivity index (χ3n) is 5.17. The molecule has 4 aromatic rings. The van der Waals surface area contributed by atoms with Gasteiger partial charge >= 0.3 is 5.97 Å². The summed E-state index contributed by atoms with van der Waals surface area (Å²) in [5.74, 6) is 0.218. The average molecular weight is 410 g/mol. The molecule has 6 nitrogen and oxygen atoms in total. The second-order valence-electron chi connectivity index (χ2n) is 7.20. The number of esters is 1. The quantitative estimate of drug-likeness (QED) is 0.361. The number of aromatic nitrogens is 3. The van der Waals surface area contributed by atoms with Crippen LogP contribution in [0.25, 0.3) is 28.4 Å². The van der Waals surface area contributed by atoms with E-state index in [-0.39, 0.29) is 5.97 Å². The van der Waals surface area contributed by atoms with E-state index in [1.807, 2.05) is 62.4 Å². The van der Waals surface area contributed by atoms with Gasteiger partial charge in [0.2, 0.25) is 0 Å². The third-order valence-corrected chi connectivity index (χ3v) is 5.17. The van der Waals surface area contributed by atoms with E-state index in [0.29, 0.717) is 23.6 Å². The van der Waals surface area contributed by atoms with E-state index < -0.39 is 0 Å². The Morgan fingerprint density at radius 2 is 1.94 bits per heavy atom. The number of carbonyl (C=O) groups is 1. The van der Waals surface area contributed by atoms with Gasteiger partial charge in [-0.1, -0.05) is 12.1 Å². The van der Waals surface area contributed by atoms with E-state index in [1.54, 1.807) is 19.1 Å². The molecular weight excluding hydrogens is 388 g/mol. The fraction of sp³-hybridized carbons (Fsp3) is 0.160. The number of para-hydroxylation sites is 2. The van der Waals surface area contributed by atoms with Crippen LogP contribution < -0.4 is 0 Å². The molecule has 2 heterocycles. The van der Waals surface area contributed by atoms with E-state index in [9.17, 15) is 10.1 Å². The Morgan fingerprint density at radius 1 is 1.19 bits per heavy atom. The largest absolute Gasteiger partial charge is 0.462 e. The molecule has 0 radical (unpaired) electrons. The maximum atomic E-state index is 11.9. The number of benzene rings is 2. The summed E-state index contributed by atoms with van der Waals surface area (Å²) in [5, 5.41) is 9.75. The van der Waals surface area contributed by atoms with Gasteiger partial charge in [0.05, 0.1) is 28.8 Å². The molecule has 0 saturated carbocycles. The summed E-state index contributed by atoms with van der Waals surface area (Å²) >= 11 is 0. The van der Waals surface area contributed by atoms with Crippen LogP contribution in [0.5, 0.6) is 0 Å². The monoisotopic (exact) mass is 410 g/mol. The topological polar surface area (TPSA) is 83.7 Å². The molecular formula is C25H22N4O2. The highest BCUT2D eigenvalue weighted by Gasteiger charge is 2.14. The van der Waals surface area contributed by atoms with Crippen LogP contribution in [-0.2, 0) is 4.74 Å². The SMILES string of the molecule is CCOC(=O)c1ccc(-n2c(C)cc(C=C(C#N)c3nc4ccccc4[nH]3)c2C)cc1. The van der Waals surface area contributed by atoms with Gasteiger partial charge in [-0.3, -0.25) is 0 Å². The number of rotatable bonds is 5. The molecule has 0 bridgehead atoms. The molecule has 31 heavy (non-hydrogen) atoms. The molecule has 0 fully saturated rings. The minimum absolute atomic E-state index is 0.330. The predicted molar refractivity (Wildman–Crippen MR) is 121 cm³/mol. The molecule has 0 unspecified atom stereocenters. The smallest absolute Gasteiger partial charge is 0.338 e. The molecule has 4 rings (SSSR count). The number of H-pyrrole nitrogens is 1. The first-order chi connectivity index (χ1) is 15.0. The molecule has 0 saturated heterocycles. The molecule has 0 spiro atoms. The molecule has 2 aromatic heterocycles. The summed E-state index contributed by atoms with van der Waals surface area (Å²) < 4.78 is 7.14. The lowest BCUT2D eigenvalue weighted by Crippen LogP contribution is -2.05. The minimum Gasteiger partial charge on any atom is -0.462 e. The van der Waals surface area contributed by atoms with Crippen molar-refractivity contribution in [2.24, 2.45) is 0 Å². The fourth-order valence-electron chi connectivity index (χ4n) is 3.68. The van der Waals surface area contributed by atoms with Crippen LogP contribution in [0.15, 0.2) is 54.6 Å². The maximum Gasteiger partial charge on any atom is 0.338 e. The Hall–Kier alpha value is -4.11. The lowest BCUT2D eigenvalue weighted by atomic mass is 10.1. The zero-order chi connectivity index (χ0) is 22.0. The van der Waals surface area contributed by atoms with E-state index in [4.69, 9.17) is 4.74 Å². The number of imidazole rings is 1. The molecule has 0 aliphatic heterocycles. The number of aromatic amines is 1. The highest BCUT2D eigenvalue weighted by atomic mass is 16.5. The van der Waals surface area contributed by atoms with Crippen molar-refractivity contribution in [2.75, 3.05) is 6.61 Å². The van der Waals surface area contributed by atoms with Gasteiger partial charge in [-0.2, -0.15) is 5.26 Å². The summed E-state index contributed by atoms with van der Waals surface area (Å²) in [6.07, 6.45) is 1.85. The predicted octanol–water partition coefficient (Wildman–Crippen LogP) is 5.21. The van der Waals surface area contributed by atoms with Crippen LogP contribution in [-0.4, -0.2) is 27.1 Å². The van der Waals surface area contributed by atoms with Crippen LogP contribution in [0.4, 0.5) is 0 Å². The lowest BCUT2D eigenvalue weighted by molar-refractivity contribution is 0.0526. The van der Waals surface area contributed by atoms with Gasteiger partial charge in [0.1, 0.15) is 11.9 Å². The van der Waals surface area contributed by atoms with Crippen molar-refractivity contribution in [3.63, 3.8) is 0 Å². The Labute approximate surface area is 180 Å². The normalized spacial score (nSPS) is 11.5. The molecule has 6 heteroatoms. The summed E-state index contributed by atoms with van der Waals surface area (Å²) in [4.78, 5) is 19.7. The van der Waals surface area contributed by atoms with Crippen LogP contribution in [0, 0.1) is 25.2 Å². The van der Waals surface area contributed by atoms with Crippen molar-refractivity contribution >= 4 is 28.7 Å². The Bertz CT molecular complexity index is 1300. The average Bonchev–Trinajstić information content (AvgIpc) is 3.32. The van der Waals surface area contributed by atoms with Gasteiger partial charge in [0, 0.05) is 17.1 Å². The van der Waals surface area contributed by atoms with Gasteiger partial charge in [-0.05, 0) is 74.9 Å². The van der Waals surface area contributed by atoms with Crippen LogP contribution in [0.2, 0.25) is 0 Å². The van der Waals surface area contributed by atoms with E-state index in [1.165, 1.54) is 0 Å². The first-order valence-corrected chi connectivity index (χ1v) is 10.0. The summed E-state index contributed by atoms with van der Waals surface area (Å²) in [6.45, 7) is 6.15. The molecule has 1 N–H and O–H groups in total. The number of nitrogens with zero attached hydrogens (tertiary/aromatic N) is 3. The highest BCUT2D eigenvalue weighted by molar-refractivity contribution is 5.91. The van der Waals surface area contributed by atoms with E-state index in [0.717, 1.165) is 33.7 Å². The van der Waals surface area contributed by atoms with Gasteiger partial charge in [0.25, 0.3) is 0 Å². The number of hydrogen-bond acceptors (Lipinski definition) is 4. The third kappa shape index (κ3) is 3.86. The molecule has 154 valence electrons. The summed E-state index contributed by atoms with van der Waals surface area (Å²) in [7, 11) is 0. The Balaban J connectivity index is 1.70. The summed E-state index contributed by atoms with van der Waals surface area (Å²) in [5.41, 5.74) is 6.59. The van der Waals surface area contributed by atoms with E-state index >= 15 is 0 Å². The molecule has 0 aliphatic carbocycles. The van der Waals surface area contributed by atoms with Crippen molar-refractivity contribution < 1.29 is 9.53 Å². The van der Waals surface area contributed by atoms with Crippen molar-refractivity contribution in [1.29, 1.82) is 5.26 Å². The van der Waals surface area contributed by atoms with E-state index in [2.05, 4.69) is 20.6 Å². The zero-order valence-corrected chi connectivity index (χ0v) is 17.6. The van der Waals surface area contributed by atoms with Crippen molar-refractivity contribution in [3.8, 4) is 11.8 Å². The van der Waals surface area contributed by atoms with Crippen LogP contribution >= 0.6 is 0 Å². The number of allylic oxidation sites excluding steroid dienone is 1. The van der Waals surface area contributed by atoms with Gasteiger partial charge < -0.3 is 14.3 Å². The number of ether oxygens (including phenoxy) is 1. The maximum absolute atomic E-state index is 11.9. The number of hydrogen-bond donors (Lipinski definition) is 1. The summed E-state index contributed by atoms with van der Waals surface area (Å²) in [6, 6.07) is 19.3. The second-order valence-corrected chi connectivity index (χ2v) is 7.20. The van der Waals surface area contributed by atoms with Crippen molar-refractivity contribution in [2.45, 2.75) is 20.8 Å². The Morgan fingerprint density at radius 3 is 2.61 bits per heavy atom.